The van der Waals surface area contributed by atoms with Gasteiger partial charge in [0.2, 0.25) is 5.91 Å². The Morgan fingerprint density at radius 3 is 2.21 bits per heavy atom. The number of rotatable bonds is 6. The zero-order valence-electron chi connectivity index (χ0n) is 20.9. The first-order valence-corrected chi connectivity index (χ1v) is 13.7. The molecule has 38 heavy (non-hydrogen) atoms. The van der Waals surface area contributed by atoms with Crippen LogP contribution in [-0.2, 0) is 21.0 Å². The number of benzene rings is 3. The van der Waals surface area contributed by atoms with Gasteiger partial charge < -0.3 is 9.80 Å². The fourth-order valence-corrected chi connectivity index (χ4v) is 6.06. The number of halogens is 4. The van der Waals surface area contributed by atoms with Crippen molar-refractivity contribution in [3.05, 3.63) is 88.4 Å². The summed E-state index contributed by atoms with van der Waals surface area (Å²) in [5.41, 5.74) is 1.52. The topological polar surface area (TPSA) is 60.9 Å². The summed E-state index contributed by atoms with van der Waals surface area (Å²) in [5, 5.41) is 0.441. The number of hydrogen-bond donors (Lipinski definition) is 0. The van der Waals surface area contributed by atoms with Crippen molar-refractivity contribution in [3.63, 3.8) is 0 Å². The molecule has 202 valence electrons. The van der Waals surface area contributed by atoms with E-state index in [4.69, 9.17) is 11.6 Å². The Labute approximate surface area is 225 Å². The van der Waals surface area contributed by atoms with Crippen molar-refractivity contribution in [2.24, 2.45) is 0 Å². The lowest BCUT2D eigenvalue weighted by Gasteiger charge is -2.37. The molecule has 0 bridgehead atoms. The Morgan fingerprint density at radius 1 is 0.947 bits per heavy atom. The Bertz CT molecular complexity index is 1420. The van der Waals surface area contributed by atoms with Gasteiger partial charge in [-0.25, -0.2) is 8.42 Å². The minimum atomic E-state index is -4.44. The smallest absolute Gasteiger partial charge is 0.368 e. The molecule has 0 unspecified atom stereocenters. The summed E-state index contributed by atoms with van der Waals surface area (Å²) in [6.07, 6.45) is -4.44. The van der Waals surface area contributed by atoms with Crippen LogP contribution in [-0.4, -0.2) is 51.9 Å². The highest BCUT2D eigenvalue weighted by atomic mass is 35.5. The highest BCUT2D eigenvalue weighted by Gasteiger charge is 2.33. The third kappa shape index (κ3) is 6.07. The van der Waals surface area contributed by atoms with Crippen LogP contribution in [0.2, 0.25) is 5.02 Å². The lowest BCUT2D eigenvalue weighted by molar-refractivity contribution is -0.137. The van der Waals surface area contributed by atoms with Gasteiger partial charge in [0.15, 0.2) is 0 Å². The molecule has 1 aliphatic rings. The maximum Gasteiger partial charge on any atom is 0.416 e. The number of aryl methyl sites for hydroxylation is 2. The summed E-state index contributed by atoms with van der Waals surface area (Å²) in [6, 6.07) is 16.2. The van der Waals surface area contributed by atoms with Crippen molar-refractivity contribution in [2.75, 3.05) is 41.9 Å². The zero-order chi connectivity index (χ0) is 27.7. The first kappa shape index (κ1) is 27.8. The Morgan fingerprint density at radius 2 is 1.61 bits per heavy atom. The molecule has 0 atom stereocenters. The molecule has 3 aromatic carbocycles. The van der Waals surface area contributed by atoms with E-state index in [2.05, 4.69) is 0 Å². The number of carbonyl (C=O) groups excluding carboxylic acids is 1. The van der Waals surface area contributed by atoms with E-state index in [0.29, 0.717) is 35.1 Å². The van der Waals surface area contributed by atoms with Crippen LogP contribution in [0, 0.1) is 13.8 Å². The minimum Gasteiger partial charge on any atom is -0.368 e. The summed E-state index contributed by atoms with van der Waals surface area (Å²) in [5.74, 6) is -0.404. The second-order valence-corrected chi connectivity index (χ2v) is 11.5. The number of alkyl halides is 3. The molecule has 6 nitrogen and oxygen atoms in total. The predicted molar refractivity (Wildman–Crippen MR) is 142 cm³/mol. The van der Waals surface area contributed by atoms with Crippen LogP contribution in [0.1, 0.15) is 16.7 Å². The molecule has 1 fully saturated rings. The fraction of sp³-hybridized carbons (Fsp3) is 0.296. The second kappa shape index (κ2) is 10.9. The van der Waals surface area contributed by atoms with Crippen LogP contribution < -0.4 is 9.21 Å². The van der Waals surface area contributed by atoms with Crippen LogP contribution in [0.25, 0.3) is 0 Å². The van der Waals surface area contributed by atoms with Crippen LogP contribution in [0.4, 0.5) is 24.5 Å². The van der Waals surface area contributed by atoms with Gasteiger partial charge in [-0.1, -0.05) is 35.4 Å². The second-order valence-electron chi connectivity index (χ2n) is 9.17. The van der Waals surface area contributed by atoms with Crippen molar-refractivity contribution >= 4 is 38.9 Å². The van der Waals surface area contributed by atoms with Gasteiger partial charge in [0.25, 0.3) is 10.0 Å². The highest BCUT2D eigenvalue weighted by molar-refractivity contribution is 7.92. The molecule has 0 N–H and O–H groups in total. The Kier molecular flexibility index (Phi) is 7.94. The molecule has 1 saturated heterocycles. The molecular weight excluding hydrogens is 539 g/mol. The maximum atomic E-state index is 13.7. The first-order valence-electron chi connectivity index (χ1n) is 11.9. The van der Waals surface area contributed by atoms with E-state index in [-0.39, 0.29) is 18.0 Å². The largest absolute Gasteiger partial charge is 0.416 e. The zero-order valence-corrected chi connectivity index (χ0v) is 22.4. The molecule has 0 aromatic heterocycles. The van der Waals surface area contributed by atoms with E-state index in [9.17, 15) is 26.4 Å². The normalized spacial score (nSPS) is 14.5. The van der Waals surface area contributed by atoms with E-state index < -0.39 is 34.2 Å². The van der Waals surface area contributed by atoms with E-state index in [1.807, 2.05) is 6.92 Å². The van der Waals surface area contributed by atoms with Gasteiger partial charge >= 0.3 is 6.18 Å². The molecule has 0 radical (unpaired) electrons. The molecule has 11 heteroatoms. The lowest BCUT2D eigenvalue weighted by Crippen LogP contribution is -2.52. The van der Waals surface area contributed by atoms with Gasteiger partial charge in [-0.2, -0.15) is 13.2 Å². The summed E-state index contributed by atoms with van der Waals surface area (Å²) >= 11 is 6.09. The van der Waals surface area contributed by atoms with Gasteiger partial charge in [0.1, 0.15) is 6.54 Å². The van der Waals surface area contributed by atoms with Crippen LogP contribution in [0.3, 0.4) is 0 Å². The lowest BCUT2D eigenvalue weighted by atomic mass is 10.1. The SMILES string of the molecule is Cc1ccc(S(=O)(=O)N(CC(=O)N2CCN(c3cccc(C(F)(F)F)c3)CC2)c2ccc(Cl)cc2C)cc1. The molecule has 1 amide bonds. The molecule has 1 aliphatic heterocycles. The average Bonchev–Trinajstić information content (AvgIpc) is 2.87. The quantitative estimate of drug-likeness (QED) is 0.395. The summed E-state index contributed by atoms with van der Waals surface area (Å²) in [7, 11) is -4.09. The van der Waals surface area contributed by atoms with Crippen LogP contribution in [0.15, 0.2) is 71.6 Å². The van der Waals surface area contributed by atoms with Crippen LogP contribution in [0.5, 0.6) is 0 Å². The van der Waals surface area contributed by atoms with E-state index in [1.54, 1.807) is 48.2 Å². The molecule has 4 rings (SSSR count). The number of sulfonamides is 1. The van der Waals surface area contributed by atoms with Gasteiger partial charge in [0.05, 0.1) is 16.1 Å². The van der Waals surface area contributed by atoms with E-state index in [1.165, 1.54) is 23.1 Å². The summed E-state index contributed by atoms with van der Waals surface area (Å²) in [4.78, 5) is 16.7. The third-order valence-electron chi connectivity index (χ3n) is 6.49. The van der Waals surface area contributed by atoms with Crippen LogP contribution >= 0.6 is 11.6 Å². The molecule has 0 spiro atoms. The predicted octanol–water partition coefficient (Wildman–Crippen LogP) is 5.52. The van der Waals surface area contributed by atoms with Gasteiger partial charge in [-0.15, -0.1) is 0 Å². The van der Waals surface area contributed by atoms with Gasteiger partial charge in [-0.3, -0.25) is 9.10 Å². The highest BCUT2D eigenvalue weighted by Crippen LogP contribution is 2.32. The Hall–Kier alpha value is -3.24. The Balaban J connectivity index is 1.54. The third-order valence-corrected chi connectivity index (χ3v) is 8.50. The van der Waals surface area contributed by atoms with Gasteiger partial charge in [-0.05, 0) is 67.9 Å². The molecular formula is C27H27ClF3N3O3S. The number of hydrogen-bond acceptors (Lipinski definition) is 4. The summed E-state index contributed by atoms with van der Waals surface area (Å²) < 4.78 is 67.8. The fourth-order valence-electron chi connectivity index (χ4n) is 4.35. The molecule has 0 saturated carbocycles. The molecule has 3 aromatic rings. The van der Waals surface area contributed by atoms with Crippen molar-refractivity contribution in [1.29, 1.82) is 0 Å². The minimum absolute atomic E-state index is 0.0552. The monoisotopic (exact) mass is 565 g/mol. The van der Waals surface area contributed by atoms with Crippen molar-refractivity contribution in [2.45, 2.75) is 24.9 Å². The van der Waals surface area contributed by atoms with E-state index >= 15 is 0 Å². The number of anilines is 2. The van der Waals surface area contributed by atoms with E-state index in [0.717, 1.165) is 22.0 Å². The first-order chi connectivity index (χ1) is 17.9. The number of carbonyl (C=O) groups is 1. The van der Waals surface area contributed by atoms with Gasteiger partial charge in [0, 0.05) is 36.9 Å². The molecule has 1 heterocycles. The van der Waals surface area contributed by atoms with Crippen molar-refractivity contribution in [1.82, 2.24) is 4.90 Å². The standard InChI is InChI=1S/C27H27ClF3N3O3S/c1-19-6-9-24(10-7-19)38(36,37)34(25-11-8-22(28)16-20(25)2)18-26(35)33-14-12-32(13-15-33)23-5-3-4-21(17-23)27(29,30)31/h3-11,16-17H,12-15,18H2,1-2H3. The molecule has 0 aliphatic carbocycles. The number of nitrogens with zero attached hydrogens (tertiary/aromatic N) is 3. The summed E-state index contributed by atoms with van der Waals surface area (Å²) in [6.45, 7) is 4.26. The van der Waals surface area contributed by atoms with Crippen molar-refractivity contribution in [3.8, 4) is 0 Å². The number of piperazine rings is 1. The number of amides is 1. The average molecular weight is 566 g/mol. The maximum absolute atomic E-state index is 13.7. The van der Waals surface area contributed by atoms with Crippen molar-refractivity contribution < 1.29 is 26.4 Å².